The molecule has 0 spiro atoms. The molecule has 0 aliphatic rings. The molecule has 0 bridgehead atoms. The Bertz CT molecular complexity index is 1230. The largest absolute Gasteiger partial charge is 0.283 e. The summed E-state index contributed by atoms with van der Waals surface area (Å²) in [5, 5.41) is 0. The zero-order valence-electron chi connectivity index (χ0n) is 15.5. The van der Waals surface area contributed by atoms with Gasteiger partial charge < -0.3 is 0 Å². The number of benzene rings is 3. The number of halogens is 1. The highest BCUT2D eigenvalue weighted by Crippen LogP contribution is 2.21. The third-order valence-corrected chi connectivity index (χ3v) is 6.78. The molecule has 0 heterocycles. The molecule has 3 aromatic carbocycles. The van der Waals surface area contributed by atoms with Crippen molar-refractivity contribution in [2.45, 2.75) is 17.6 Å². The van der Waals surface area contributed by atoms with Gasteiger partial charge >= 0.3 is 0 Å². The minimum absolute atomic E-state index is 0.123. The SMILES string of the molecule is Cc1ccccc1CS(=O)(=O)Nc1ccc(S(=O)(=O)Nc2ccccc2F)cc1. The third-order valence-electron chi connectivity index (χ3n) is 4.16. The average Bonchev–Trinajstić information content (AvgIpc) is 2.65. The van der Waals surface area contributed by atoms with E-state index in [1.807, 2.05) is 19.1 Å². The summed E-state index contributed by atoms with van der Waals surface area (Å²) in [6, 6.07) is 17.7. The first-order valence-electron chi connectivity index (χ1n) is 8.59. The zero-order chi connectivity index (χ0) is 21.1. The highest BCUT2D eigenvalue weighted by atomic mass is 32.2. The van der Waals surface area contributed by atoms with Crippen molar-refractivity contribution in [2.75, 3.05) is 9.44 Å². The molecule has 0 unspecified atom stereocenters. The summed E-state index contributed by atoms with van der Waals surface area (Å²) in [5.41, 5.74) is 1.59. The van der Waals surface area contributed by atoms with Gasteiger partial charge in [0.25, 0.3) is 10.0 Å². The molecular formula is C20H19FN2O4S2. The Kier molecular flexibility index (Phi) is 5.90. The van der Waals surface area contributed by atoms with Crippen LogP contribution in [-0.2, 0) is 25.8 Å². The summed E-state index contributed by atoms with van der Waals surface area (Å²) >= 11 is 0. The number of aryl methyl sites for hydroxylation is 1. The summed E-state index contributed by atoms with van der Waals surface area (Å²) in [6.07, 6.45) is 0. The molecule has 0 saturated heterocycles. The van der Waals surface area contributed by atoms with Crippen LogP contribution in [0.2, 0.25) is 0 Å². The van der Waals surface area contributed by atoms with Crippen molar-refractivity contribution < 1.29 is 21.2 Å². The van der Waals surface area contributed by atoms with E-state index >= 15 is 0 Å². The van der Waals surface area contributed by atoms with Crippen LogP contribution in [0.15, 0.2) is 77.7 Å². The molecule has 0 amide bonds. The second-order valence-electron chi connectivity index (χ2n) is 6.40. The van der Waals surface area contributed by atoms with Crippen LogP contribution in [0.5, 0.6) is 0 Å². The van der Waals surface area contributed by atoms with E-state index in [2.05, 4.69) is 9.44 Å². The summed E-state index contributed by atoms with van der Waals surface area (Å²) < 4.78 is 67.9. The van der Waals surface area contributed by atoms with Crippen molar-refractivity contribution in [3.8, 4) is 0 Å². The highest BCUT2D eigenvalue weighted by molar-refractivity contribution is 7.92. The predicted octanol–water partition coefficient (Wildman–Crippen LogP) is 3.88. The lowest BCUT2D eigenvalue weighted by Crippen LogP contribution is -2.16. The molecule has 0 radical (unpaired) electrons. The maximum atomic E-state index is 13.7. The van der Waals surface area contributed by atoms with Crippen LogP contribution in [0.3, 0.4) is 0 Å². The minimum Gasteiger partial charge on any atom is -0.283 e. The van der Waals surface area contributed by atoms with Crippen LogP contribution in [0, 0.1) is 12.7 Å². The fourth-order valence-electron chi connectivity index (χ4n) is 2.64. The molecule has 0 atom stereocenters. The quantitative estimate of drug-likeness (QED) is 0.590. The number of hydrogen-bond donors (Lipinski definition) is 2. The minimum atomic E-state index is -4.02. The first kappa shape index (κ1) is 20.8. The van der Waals surface area contributed by atoms with Gasteiger partial charge in [0.2, 0.25) is 10.0 Å². The number of anilines is 2. The lowest BCUT2D eigenvalue weighted by atomic mass is 10.1. The van der Waals surface area contributed by atoms with E-state index in [1.165, 1.54) is 42.5 Å². The van der Waals surface area contributed by atoms with Gasteiger partial charge in [0.1, 0.15) is 5.82 Å². The van der Waals surface area contributed by atoms with Crippen LogP contribution in [-0.4, -0.2) is 16.8 Å². The first-order chi connectivity index (χ1) is 13.7. The number of para-hydroxylation sites is 1. The Labute approximate surface area is 169 Å². The molecule has 152 valence electrons. The van der Waals surface area contributed by atoms with Crippen molar-refractivity contribution in [1.82, 2.24) is 0 Å². The Balaban J connectivity index is 1.74. The molecule has 3 aromatic rings. The Hall–Kier alpha value is -2.91. The summed E-state index contributed by atoms with van der Waals surface area (Å²) in [5.74, 6) is -0.897. The molecule has 29 heavy (non-hydrogen) atoms. The Morgan fingerprint density at radius 1 is 0.793 bits per heavy atom. The topological polar surface area (TPSA) is 92.3 Å². The summed E-state index contributed by atoms with van der Waals surface area (Å²) in [7, 11) is -7.70. The molecule has 0 saturated carbocycles. The predicted molar refractivity (Wildman–Crippen MR) is 111 cm³/mol. The maximum Gasteiger partial charge on any atom is 0.261 e. The molecule has 0 fully saturated rings. The van der Waals surface area contributed by atoms with Gasteiger partial charge in [0.05, 0.1) is 16.3 Å². The summed E-state index contributed by atoms with van der Waals surface area (Å²) in [4.78, 5) is -0.123. The van der Waals surface area contributed by atoms with E-state index in [4.69, 9.17) is 0 Å². The van der Waals surface area contributed by atoms with Crippen LogP contribution < -0.4 is 9.44 Å². The molecular weight excluding hydrogens is 415 g/mol. The Morgan fingerprint density at radius 2 is 1.41 bits per heavy atom. The normalized spacial score (nSPS) is 11.8. The zero-order valence-corrected chi connectivity index (χ0v) is 17.1. The monoisotopic (exact) mass is 434 g/mol. The number of hydrogen-bond acceptors (Lipinski definition) is 4. The van der Waals surface area contributed by atoms with Gasteiger partial charge in [-0.1, -0.05) is 36.4 Å². The molecule has 6 nitrogen and oxygen atoms in total. The molecule has 9 heteroatoms. The lowest BCUT2D eigenvalue weighted by Gasteiger charge is -2.11. The van der Waals surface area contributed by atoms with Crippen molar-refractivity contribution in [3.63, 3.8) is 0 Å². The molecule has 0 aliphatic carbocycles. The molecule has 2 N–H and O–H groups in total. The van der Waals surface area contributed by atoms with E-state index in [1.54, 1.807) is 12.1 Å². The van der Waals surface area contributed by atoms with Gasteiger partial charge in [0.15, 0.2) is 0 Å². The fourth-order valence-corrected chi connectivity index (χ4v) is 5.01. The molecule has 3 rings (SSSR count). The Morgan fingerprint density at radius 3 is 2.07 bits per heavy atom. The number of sulfonamides is 2. The number of rotatable bonds is 7. The van der Waals surface area contributed by atoms with Crippen molar-refractivity contribution in [1.29, 1.82) is 0 Å². The van der Waals surface area contributed by atoms with Crippen molar-refractivity contribution in [2.24, 2.45) is 0 Å². The van der Waals surface area contributed by atoms with Crippen LogP contribution in [0.25, 0.3) is 0 Å². The third kappa shape index (κ3) is 5.33. The second kappa shape index (κ2) is 8.22. The highest BCUT2D eigenvalue weighted by Gasteiger charge is 2.17. The maximum absolute atomic E-state index is 13.7. The molecule has 0 aromatic heterocycles. The van der Waals surface area contributed by atoms with Crippen molar-refractivity contribution in [3.05, 3.63) is 89.7 Å². The smallest absolute Gasteiger partial charge is 0.261 e. The second-order valence-corrected chi connectivity index (χ2v) is 9.80. The lowest BCUT2D eigenvalue weighted by molar-refractivity contribution is 0.598. The van der Waals surface area contributed by atoms with Crippen LogP contribution in [0.1, 0.15) is 11.1 Å². The van der Waals surface area contributed by atoms with Gasteiger partial charge in [-0.3, -0.25) is 9.44 Å². The van der Waals surface area contributed by atoms with Gasteiger partial charge in [0, 0.05) is 5.69 Å². The van der Waals surface area contributed by atoms with E-state index < -0.39 is 25.9 Å². The van der Waals surface area contributed by atoms with Crippen LogP contribution >= 0.6 is 0 Å². The number of nitrogens with one attached hydrogen (secondary N) is 2. The van der Waals surface area contributed by atoms with Gasteiger partial charge in [-0.05, 0) is 54.4 Å². The average molecular weight is 435 g/mol. The fraction of sp³-hybridized carbons (Fsp3) is 0.100. The first-order valence-corrected chi connectivity index (χ1v) is 11.7. The van der Waals surface area contributed by atoms with E-state index in [-0.39, 0.29) is 22.0 Å². The van der Waals surface area contributed by atoms with E-state index in [9.17, 15) is 21.2 Å². The van der Waals surface area contributed by atoms with Gasteiger partial charge in [-0.15, -0.1) is 0 Å². The van der Waals surface area contributed by atoms with Gasteiger partial charge in [-0.2, -0.15) is 0 Å². The standard InChI is InChI=1S/C20H19FN2O4S2/c1-15-6-2-3-7-16(15)14-28(24,25)22-17-10-12-18(13-11-17)29(26,27)23-20-9-5-4-8-19(20)21/h2-13,22-23H,14H2,1H3. The van der Waals surface area contributed by atoms with E-state index in [0.29, 0.717) is 5.56 Å². The van der Waals surface area contributed by atoms with E-state index in [0.717, 1.165) is 11.6 Å². The van der Waals surface area contributed by atoms with Crippen molar-refractivity contribution >= 4 is 31.4 Å². The van der Waals surface area contributed by atoms with Crippen LogP contribution in [0.4, 0.5) is 15.8 Å². The van der Waals surface area contributed by atoms with Gasteiger partial charge in [-0.25, -0.2) is 21.2 Å². The summed E-state index contributed by atoms with van der Waals surface area (Å²) in [6.45, 7) is 1.83. The molecule has 0 aliphatic heterocycles.